The Morgan fingerprint density at radius 3 is 1.27 bits per heavy atom. The maximum absolute atomic E-state index is 13.3. The number of carbonyl (C=O) groups is 6. The molecular weight excluding hydrogens is 917 g/mol. The molecular formula is C51H74N8O12. The number of aromatic nitrogens is 4. The summed E-state index contributed by atoms with van der Waals surface area (Å²) in [7, 11) is 8.76. The molecule has 2 heterocycles. The van der Waals surface area contributed by atoms with Gasteiger partial charge in [-0.25, -0.2) is 0 Å². The van der Waals surface area contributed by atoms with Crippen molar-refractivity contribution in [3.05, 3.63) is 59.9 Å². The first kappa shape index (κ1) is 58.2. The molecule has 4 amide bonds. The summed E-state index contributed by atoms with van der Waals surface area (Å²) in [5.74, 6) is -0.0393. The van der Waals surface area contributed by atoms with E-state index in [1.807, 2.05) is 71.0 Å². The number of nitrogens with zero attached hydrogens (tertiary/aromatic N) is 4. The molecule has 0 aliphatic rings. The van der Waals surface area contributed by atoms with Crippen LogP contribution in [-0.4, -0.2) is 123 Å². The van der Waals surface area contributed by atoms with E-state index in [4.69, 9.17) is 18.9 Å². The van der Waals surface area contributed by atoms with Gasteiger partial charge in [0.2, 0.25) is 11.8 Å². The quantitative estimate of drug-likeness (QED) is 0.0600. The molecule has 0 saturated carbocycles. The van der Waals surface area contributed by atoms with Crippen molar-refractivity contribution in [2.45, 2.75) is 99.8 Å². The highest BCUT2D eigenvalue weighted by Gasteiger charge is 2.30. The fraction of sp³-hybridized carbons (Fsp3) is 0.529. The van der Waals surface area contributed by atoms with Crippen LogP contribution >= 0.6 is 0 Å². The predicted octanol–water partition coefficient (Wildman–Crippen LogP) is 5.88. The molecule has 20 nitrogen and oxygen atoms in total. The molecule has 4 aromatic rings. The molecule has 2 aromatic heterocycles. The lowest BCUT2D eigenvalue weighted by Crippen LogP contribution is -2.48. The van der Waals surface area contributed by atoms with Crippen LogP contribution in [0.5, 0.6) is 23.0 Å². The van der Waals surface area contributed by atoms with E-state index in [1.165, 1.54) is 14.2 Å². The minimum absolute atomic E-state index is 0.0500. The largest absolute Gasteiger partial charge is 0.496 e. The molecule has 2 aromatic carbocycles. The second-order valence-corrected chi connectivity index (χ2v) is 18.3. The fourth-order valence-corrected chi connectivity index (χ4v) is 7.29. The molecule has 20 heteroatoms. The third-order valence-electron chi connectivity index (χ3n) is 11.2. The van der Waals surface area contributed by atoms with E-state index in [1.54, 1.807) is 49.9 Å². The molecule has 1 unspecified atom stereocenters. The zero-order valence-electron chi connectivity index (χ0n) is 43.9. The van der Waals surface area contributed by atoms with E-state index in [0.29, 0.717) is 64.9 Å². The van der Waals surface area contributed by atoms with Crippen LogP contribution < -0.4 is 40.2 Å². The first-order chi connectivity index (χ1) is 33.6. The average molecular weight is 991 g/mol. The maximum atomic E-state index is 13.3. The standard InChI is InChI=1S/C26H38N4O6.C25H36N4O6/c1-15(2)12-18(25(32)27-14-23(31)36-8)28-26(33)19-13-20(30(29-19)17(5)16(3)4)24-21(34-6)10-9-11-22(24)35-7;1-15(2)11-17(24(31)26-13-22(30)35-7)27-25(32)18-12-19(29(28-18)14-16(3)4)23-20(33-5)9-8-10-21(23)34-6/h9-11,13,15-18H,12,14H2,1-8H3,(H,27,32)(H,28,33);8-10,12,15-17H,11,13-14H2,1-7H3,(H,26,31)(H,27,32)/t17?,18-;17-/m00/s1. The number of amides is 4. The summed E-state index contributed by atoms with van der Waals surface area (Å²) in [6.45, 7) is 18.0. The van der Waals surface area contributed by atoms with Crippen molar-refractivity contribution >= 4 is 35.6 Å². The number of esters is 2. The number of methoxy groups -OCH3 is 6. The van der Waals surface area contributed by atoms with E-state index in [0.717, 1.165) is 0 Å². The Morgan fingerprint density at radius 2 is 0.915 bits per heavy atom. The lowest BCUT2D eigenvalue weighted by molar-refractivity contribution is -0.141. The van der Waals surface area contributed by atoms with Crippen LogP contribution in [0.1, 0.15) is 102 Å². The van der Waals surface area contributed by atoms with Crippen molar-refractivity contribution in [3.63, 3.8) is 0 Å². The van der Waals surface area contributed by atoms with Gasteiger partial charge in [0.25, 0.3) is 11.8 Å². The molecule has 0 aliphatic heterocycles. The number of benzene rings is 2. The van der Waals surface area contributed by atoms with E-state index in [9.17, 15) is 28.8 Å². The second kappa shape index (κ2) is 27.9. The van der Waals surface area contributed by atoms with Crippen LogP contribution in [0.3, 0.4) is 0 Å². The summed E-state index contributed by atoms with van der Waals surface area (Å²) in [4.78, 5) is 74.8. The van der Waals surface area contributed by atoms with Gasteiger partial charge in [-0.1, -0.05) is 67.5 Å². The molecule has 0 spiro atoms. The van der Waals surface area contributed by atoms with Gasteiger partial charge in [0.05, 0.1) is 71.2 Å². The fourth-order valence-electron chi connectivity index (χ4n) is 7.29. The van der Waals surface area contributed by atoms with Crippen molar-refractivity contribution in [1.82, 2.24) is 40.8 Å². The van der Waals surface area contributed by atoms with E-state index < -0.39 is 47.7 Å². The van der Waals surface area contributed by atoms with E-state index in [2.05, 4.69) is 68.6 Å². The summed E-state index contributed by atoms with van der Waals surface area (Å²) in [5, 5.41) is 19.7. The van der Waals surface area contributed by atoms with Crippen molar-refractivity contribution in [2.24, 2.45) is 23.7 Å². The lowest BCUT2D eigenvalue weighted by atomic mass is 10.0. The van der Waals surface area contributed by atoms with E-state index >= 15 is 0 Å². The van der Waals surface area contributed by atoms with Crippen molar-refractivity contribution in [1.29, 1.82) is 0 Å². The highest BCUT2D eigenvalue weighted by molar-refractivity contribution is 5.99. The summed E-state index contributed by atoms with van der Waals surface area (Å²) in [5.41, 5.74) is 2.98. The SMILES string of the molecule is COC(=O)CNC(=O)[C@H](CC(C)C)NC(=O)c1cc(-c2c(OC)cccc2OC)n(C(C)C(C)C)n1.COC(=O)CNC(=O)[C@H](CC(C)C)NC(=O)c1cc(-c2c(OC)cccc2OC)n(CC(C)C)n1. The molecule has 0 radical (unpaired) electrons. The van der Waals surface area contributed by atoms with E-state index in [-0.39, 0.29) is 54.2 Å². The van der Waals surface area contributed by atoms with Gasteiger partial charge in [0.15, 0.2) is 11.4 Å². The maximum Gasteiger partial charge on any atom is 0.325 e. The molecule has 390 valence electrons. The van der Waals surface area contributed by atoms with Gasteiger partial charge in [0.1, 0.15) is 48.2 Å². The smallest absolute Gasteiger partial charge is 0.325 e. The van der Waals surface area contributed by atoms with Crippen LogP contribution in [-0.2, 0) is 35.2 Å². The third kappa shape index (κ3) is 16.5. The third-order valence-corrected chi connectivity index (χ3v) is 11.2. The van der Waals surface area contributed by atoms with Gasteiger partial charge in [-0.2, -0.15) is 10.2 Å². The Kier molecular flexibility index (Phi) is 22.9. The van der Waals surface area contributed by atoms with Crippen molar-refractivity contribution in [3.8, 4) is 45.5 Å². The summed E-state index contributed by atoms with van der Waals surface area (Å²) in [6, 6.07) is 12.5. The zero-order chi connectivity index (χ0) is 53.1. The van der Waals surface area contributed by atoms with Gasteiger partial charge >= 0.3 is 11.9 Å². The normalized spacial score (nSPS) is 12.3. The molecule has 0 fully saturated rings. The molecule has 71 heavy (non-hydrogen) atoms. The van der Waals surface area contributed by atoms with Crippen LogP contribution in [0.2, 0.25) is 0 Å². The molecule has 4 N–H and O–H groups in total. The first-order valence-corrected chi connectivity index (χ1v) is 23.6. The number of ether oxygens (including phenoxy) is 6. The van der Waals surface area contributed by atoms with Gasteiger partial charge < -0.3 is 49.7 Å². The summed E-state index contributed by atoms with van der Waals surface area (Å²) in [6.07, 6.45) is 0.772. The molecule has 3 atom stereocenters. The lowest BCUT2D eigenvalue weighted by Gasteiger charge is -2.21. The zero-order valence-corrected chi connectivity index (χ0v) is 43.9. The van der Waals surface area contributed by atoms with Crippen LogP contribution in [0.15, 0.2) is 48.5 Å². The van der Waals surface area contributed by atoms with Gasteiger partial charge in [-0.15, -0.1) is 0 Å². The number of nitrogens with one attached hydrogen (secondary N) is 4. The number of hydrogen-bond acceptors (Lipinski definition) is 14. The Bertz CT molecular complexity index is 2380. The van der Waals surface area contributed by atoms with Crippen LogP contribution in [0.4, 0.5) is 0 Å². The topological polar surface area (TPSA) is 242 Å². The van der Waals surface area contributed by atoms with Crippen LogP contribution in [0.25, 0.3) is 22.5 Å². The first-order valence-electron chi connectivity index (χ1n) is 23.6. The van der Waals surface area contributed by atoms with Crippen molar-refractivity contribution < 1.29 is 57.2 Å². The summed E-state index contributed by atoms with van der Waals surface area (Å²) >= 11 is 0. The molecule has 0 saturated heterocycles. The predicted molar refractivity (Wildman–Crippen MR) is 267 cm³/mol. The highest BCUT2D eigenvalue weighted by Crippen LogP contribution is 2.41. The number of carbonyl (C=O) groups excluding carboxylic acids is 6. The van der Waals surface area contributed by atoms with Gasteiger partial charge in [0, 0.05) is 6.54 Å². The highest BCUT2D eigenvalue weighted by atomic mass is 16.5. The Hall–Kier alpha value is -7.12. The van der Waals surface area contributed by atoms with Crippen LogP contribution in [0, 0.1) is 23.7 Å². The van der Waals surface area contributed by atoms with Gasteiger partial charge in [-0.05, 0) is 79.8 Å². The minimum Gasteiger partial charge on any atom is -0.496 e. The summed E-state index contributed by atoms with van der Waals surface area (Å²) < 4.78 is 35.0. The molecule has 0 bridgehead atoms. The number of rotatable bonds is 24. The average Bonchev–Trinajstić information content (AvgIpc) is 3.98. The molecule has 4 rings (SSSR count). The number of hydrogen-bond donors (Lipinski definition) is 4. The minimum atomic E-state index is -0.848. The van der Waals surface area contributed by atoms with Gasteiger partial charge in [-0.3, -0.25) is 38.1 Å². The molecule has 0 aliphatic carbocycles. The monoisotopic (exact) mass is 991 g/mol. The Morgan fingerprint density at radius 1 is 0.535 bits per heavy atom. The Balaban J connectivity index is 0.000000375. The Labute approximate surface area is 417 Å². The second-order valence-electron chi connectivity index (χ2n) is 18.3. The van der Waals surface area contributed by atoms with Crippen molar-refractivity contribution in [2.75, 3.05) is 55.7 Å².